The van der Waals surface area contributed by atoms with E-state index in [2.05, 4.69) is 5.32 Å². The maximum atomic E-state index is 12.1. The van der Waals surface area contributed by atoms with Crippen molar-refractivity contribution in [3.8, 4) is 23.0 Å². The minimum Gasteiger partial charge on any atom is -0.493 e. The standard InChI is InChI=1S/C23H22N2O5/c24-22(26)14-15-28-18-8-6-17(7-9-18)25-23(27)16-29-19-10-12-21(13-11-19)30-20-4-2-1-3-5-20/h1-13H,14-16H2,(H2,24,26)(H,25,27). The minimum absolute atomic E-state index is 0.129. The molecular formula is C23H22N2O5. The lowest BCUT2D eigenvalue weighted by Crippen LogP contribution is -2.20. The Morgan fingerprint density at radius 3 is 1.97 bits per heavy atom. The van der Waals surface area contributed by atoms with Gasteiger partial charge in [-0.15, -0.1) is 0 Å². The number of para-hydroxylation sites is 1. The summed E-state index contributed by atoms with van der Waals surface area (Å²) in [7, 11) is 0. The zero-order valence-electron chi connectivity index (χ0n) is 16.2. The van der Waals surface area contributed by atoms with Crippen molar-refractivity contribution >= 4 is 17.5 Å². The van der Waals surface area contributed by atoms with Crippen LogP contribution in [0, 0.1) is 0 Å². The number of nitrogens with one attached hydrogen (secondary N) is 1. The summed E-state index contributed by atoms with van der Waals surface area (Å²) in [5.41, 5.74) is 5.67. The van der Waals surface area contributed by atoms with Crippen molar-refractivity contribution in [2.45, 2.75) is 6.42 Å². The third-order valence-electron chi connectivity index (χ3n) is 3.93. The molecule has 0 aliphatic carbocycles. The van der Waals surface area contributed by atoms with E-state index in [-0.39, 0.29) is 25.5 Å². The second-order valence-electron chi connectivity index (χ2n) is 6.31. The van der Waals surface area contributed by atoms with Crippen molar-refractivity contribution in [1.82, 2.24) is 0 Å². The molecule has 0 bridgehead atoms. The van der Waals surface area contributed by atoms with Gasteiger partial charge in [-0.3, -0.25) is 9.59 Å². The molecule has 0 unspecified atom stereocenters. The molecule has 0 aliphatic rings. The molecule has 7 heteroatoms. The molecule has 0 aliphatic heterocycles. The molecule has 3 aromatic carbocycles. The number of carbonyl (C=O) groups excluding carboxylic acids is 2. The molecular weight excluding hydrogens is 384 g/mol. The lowest BCUT2D eigenvalue weighted by Gasteiger charge is -2.10. The molecule has 3 aromatic rings. The number of benzene rings is 3. The monoisotopic (exact) mass is 406 g/mol. The number of anilines is 1. The number of ether oxygens (including phenoxy) is 3. The Labute approximate surface area is 174 Å². The fourth-order valence-electron chi connectivity index (χ4n) is 2.48. The van der Waals surface area contributed by atoms with Crippen LogP contribution >= 0.6 is 0 Å². The average Bonchev–Trinajstić information content (AvgIpc) is 2.75. The Hall–Kier alpha value is -4.00. The average molecular weight is 406 g/mol. The van der Waals surface area contributed by atoms with Crippen LogP contribution in [0.3, 0.4) is 0 Å². The number of amides is 2. The Bertz CT molecular complexity index is 957. The van der Waals surface area contributed by atoms with Crippen LogP contribution in [0.1, 0.15) is 6.42 Å². The van der Waals surface area contributed by atoms with Gasteiger partial charge in [-0.2, -0.15) is 0 Å². The maximum Gasteiger partial charge on any atom is 0.262 e. The molecule has 0 radical (unpaired) electrons. The number of hydrogen-bond donors (Lipinski definition) is 2. The zero-order chi connectivity index (χ0) is 21.2. The summed E-state index contributed by atoms with van der Waals surface area (Å²) >= 11 is 0. The smallest absolute Gasteiger partial charge is 0.262 e. The Morgan fingerprint density at radius 2 is 1.30 bits per heavy atom. The first kappa shape index (κ1) is 20.7. The van der Waals surface area contributed by atoms with E-state index >= 15 is 0 Å². The summed E-state index contributed by atoms with van der Waals surface area (Å²) in [6.07, 6.45) is 0.148. The van der Waals surface area contributed by atoms with Gasteiger partial charge >= 0.3 is 0 Å². The van der Waals surface area contributed by atoms with Gasteiger partial charge in [-0.25, -0.2) is 0 Å². The third kappa shape index (κ3) is 6.87. The normalized spacial score (nSPS) is 10.1. The molecule has 0 spiro atoms. The molecule has 30 heavy (non-hydrogen) atoms. The number of hydrogen-bond acceptors (Lipinski definition) is 5. The SMILES string of the molecule is NC(=O)CCOc1ccc(NC(=O)COc2ccc(Oc3ccccc3)cc2)cc1. The van der Waals surface area contributed by atoms with Crippen LogP contribution in [0.25, 0.3) is 0 Å². The van der Waals surface area contributed by atoms with E-state index in [0.29, 0.717) is 22.9 Å². The lowest BCUT2D eigenvalue weighted by molar-refractivity contribution is -0.119. The van der Waals surface area contributed by atoms with Gasteiger partial charge < -0.3 is 25.3 Å². The van der Waals surface area contributed by atoms with Crippen molar-refractivity contribution in [2.75, 3.05) is 18.5 Å². The highest BCUT2D eigenvalue weighted by atomic mass is 16.5. The second kappa shape index (κ2) is 10.5. The number of carbonyl (C=O) groups is 2. The lowest BCUT2D eigenvalue weighted by atomic mass is 10.3. The third-order valence-corrected chi connectivity index (χ3v) is 3.93. The van der Waals surface area contributed by atoms with E-state index in [1.807, 2.05) is 30.3 Å². The summed E-state index contributed by atoms with van der Waals surface area (Å²) in [5, 5.41) is 2.74. The van der Waals surface area contributed by atoms with Gasteiger partial charge in [0.25, 0.3) is 5.91 Å². The predicted octanol–water partition coefficient (Wildman–Crippen LogP) is 3.75. The van der Waals surface area contributed by atoms with Crippen molar-refractivity contribution in [3.63, 3.8) is 0 Å². The molecule has 0 atom stereocenters. The fraction of sp³-hybridized carbons (Fsp3) is 0.130. The van der Waals surface area contributed by atoms with Crippen molar-refractivity contribution in [2.24, 2.45) is 5.73 Å². The predicted molar refractivity (Wildman–Crippen MR) is 113 cm³/mol. The van der Waals surface area contributed by atoms with Gasteiger partial charge in [0, 0.05) is 5.69 Å². The van der Waals surface area contributed by atoms with Crippen LogP contribution in [0.15, 0.2) is 78.9 Å². The number of nitrogens with two attached hydrogens (primary N) is 1. The quantitative estimate of drug-likeness (QED) is 0.534. The molecule has 3 N–H and O–H groups in total. The van der Waals surface area contributed by atoms with Gasteiger partial charge in [-0.05, 0) is 60.7 Å². The summed E-state index contributed by atoms with van der Waals surface area (Å²) < 4.78 is 16.6. The van der Waals surface area contributed by atoms with Crippen molar-refractivity contribution in [1.29, 1.82) is 0 Å². The van der Waals surface area contributed by atoms with E-state index in [1.54, 1.807) is 48.5 Å². The molecule has 0 aromatic heterocycles. The van der Waals surface area contributed by atoms with Crippen LogP contribution in [0.5, 0.6) is 23.0 Å². The van der Waals surface area contributed by atoms with E-state index in [1.165, 1.54) is 0 Å². The molecule has 0 saturated heterocycles. The van der Waals surface area contributed by atoms with E-state index in [0.717, 1.165) is 5.75 Å². The molecule has 2 amide bonds. The summed E-state index contributed by atoms with van der Waals surface area (Å²) in [6.45, 7) is 0.0831. The molecule has 7 nitrogen and oxygen atoms in total. The molecule has 3 rings (SSSR count). The van der Waals surface area contributed by atoms with E-state index in [9.17, 15) is 9.59 Å². The fourth-order valence-corrected chi connectivity index (χ4v) is 2.48. The van der Waals surface area contributed by atoms with Crippen LogP contribution in [-0.2, 0) is 9.59 Å². The molecule has 0 fully saturated rings. The first-order valence-electron chi connectivity index (χ1n) is 9.35. The van der Waals surface area contributed by atoms with E-state index in [4.69, 9.17) is 19.9 Å². The Kier molecular flexibility index (Phi) is 7.27. The van der Waals surface area contributed by atoms with Crippen LogP contribution in [0.2, 0.25) is 0 Å². The van der Waals surface area contributed by atoms with Crippen LogP contribution in [0.4, 0.5) is 5.69 Å². The Morgan fingerprint density at radius 1 is 0.733 bits per heavy atom. The van der Waals surface area contributed by atoms with Gasteiger partial charge in [0.1, 0.15) is 23.0 Å². The highest BCUT2D eigenvalue weighted by Crippen LogP contribution is 2.23. The van der Waals surface area contributed by atoms with E-state index < -0.39 is 5.91 Å². The molecule has 154 valence electrons. The second-order valence-corrected chi connectivity index (χ2v) is 6.31. The first-order valence-corrected chi connectivity index (χ1v) is 9.35. The zero-order valence-corrected chi connectivity index (χ0v) is 16.2. The summed E-state index contributed by atoms with van der Waals surface area (Å²) in [5.74, 6) is 1.86. The van der Waals surface area contributed by atoms with Crippen molar-refractivity contribution < 1.29 is 23.8 Å². The van der Waals surface area contributed by atoms with Gasteiger partial charge in [0.05, 0.1) is 13.0 Å². The minimum atomic E-state index is -0.419. The van der Waals surface area contributed by atoms with Crippen molar-refractivity contribution in [3.05, 3.63) is 78.9 Å². The molecule has 0 heterocycles. The molecule has 0 saturated carbocycles. The van der Waals surface area contributed by atoms with Gasteiger partial charge in [0.2, 0.25) is 5.91 Å². The highest BCUT2D eigenvalue weighted by molar-refractivity contribution is 5.91. The Balaban J connectivity index is 1.42. The van der Waals surface area contributed by atoms with Gasteiger partial charge in [-0.1, -0.05) is 18.2 Å². The summed E-state index contributed by atoms with van der Waals surface area (Å²) in [4.78, 5) is 22.8. The topological polar surface area (TPSA) is 99.9 Å². The highest BCUT2D eigenvalue weighted by Gasteiger charge is 2.05. The first-order chi connectivity index (χ1) is 14.6. The summed E-state index contributed by atoms with van der Waals surface area (Å²) in [6, 6.07) is 23.3. The number of rotatable bonds is 10. The van der Waals surface area contributed by atoms with Gasteiger partial charge in [0.15, 0.2) is 6.61 Å². The van der Waals surface area contributed by atoms with Crippen LogP contribution < -0.4 is 25.3 Å². The largest absolute Gasteiger partial charge is 0.493 e. The van der Waals surface area contributed by atoms with Crippen LogP contribution in [-0.4, -0.2) is 25.0 Å². The number of primary amides is 1. The maximum absolute atomic E-state index is 12.1.